The third-order valence-corrected chi connectivity index (χ3v) is 4.37. The van der Waals surface area contributed by atoms with Gasteiger partial charge in [-0.05, 0) is 37.3 Å². The number of nitrogens with one attached hydrogen (secondary N) is 1. The van der Waals surface area contributed by atoms with Gasteiger partial charge in [0.2, 0.25) is 0 Å². The second kappa shape index (κ2) is 5.43. The van der Waals surface area contributed by atoms with Crippen LogP contribution in [0.3, 0.4) is 0 Å². The minimum Gasteiger partial charge on any atom is -0.334 e. The van der Waals surface area contributed by atoms with Gasteiger partial charge in [-0.1, -0.05) is 27.7 Å². The Bertz CT molecular complexity index is 381. The van der Waals surface area contributed by atoms with Crippen molar-refractivity contribution >= 4 is 0 Å². The Morgan fingerprint density at radius 2 is 2.11 bits per heavy atom. The Hall–Kier alpha value is -0.830. The van der Waals surface area contributed by atoms with Gasteiger partial charge in [0.15, 0.2) is 0 Å². The van der Waals surface area contributed by atoms with Crippen molar-refractivity contribution in [2.24, 2.45) is 11.3 Å². The minimum absolute atomic E-state index is 0.423. The summed E-state index contributed by atoms with van der Waals surface area (Å²) in [4.78, 5) is 4.34. The Kier molecular flexibility index (Phi) is 4.10. The van der Waals surface area contributed by atoms with Crippen LogP contribution >= 0.6 is 0 Å². The van der Waals surface area contributed by atoms with E-state index in [1.165, 1.54) is 18.5 Å². The molecular weight excluding hydrogens is 222 g/mol. The summed E-state index contributed by atoms with van der Waals surface area (Å²) in [7, 11) is 0. The van der Waals surface area contributed by atoms with Gasteiger partial charge >= 0.3 is 0 Å². The van der Waals surface area contributed by atoms with E-state index < -0.39 is 0 Å². The quantitative estimate of drug-likeness (QED) is 0.753. The number of nitrogens with zero attached hydrogens (tertiary/aromatic N) is 2. The number of aromatic nitrogens is 2. The lowest BCUT2D eigenvalue weighted by Gasteiger charge is -2.07. The van der Waals surface area contributed by atoms with Crippen LogP contribution in [0.25, 0.3) is 0 Å². The number of rotatable bonds is 7. The van der Waals surface area contributed by atoms with Crippen LogP contribution in [0.1, 0.15) is 52.1 Å². The monoisotopic (exact) mass is 249 g/mol. The standard InChI is InChI=1S/C15H27N3/c1-5-7-16-9-12-14(15(12,3)4)13-10-17-11-18(13)8-6-2/h10-12,14,16H,5-9H2,1-4H3. The first-order valence-corrected chi connectivity index (χ1v) is 7.33. The molecule has 2 unspecified atom stereocenters. The third-order valence-electron chi connectivity index (χ3n) is 4.37. The first-order valence-electron chi connectivity index (χ1n) is 7.33. The Labute approximate surface area is 111 Å². The number of aryl methyl sites for hydroxylation is 1. The van der Waals surface area contributed by atoms with Crippen LogP contribution in [0.5, 0.6) is 0 Å². The van der Waals surface area contributed by atoms with Crippen molar-refractivity contribution in [3.63, 3.8) is 0 Å². The molecule has 1 aliphatic carbocycles. The predicted molar refractivity (Wildman–Crippen MR) is 75.7 cm³/mol. The second-order valence-corrected chi connectivity index (χ2v) is 6.12. The number of imidazole rings is 1. The van der Waals surface area contributed by atoms with E-state index in [1.54, 1.807) is 0 Å². The maximum absolute atomic E-state index is 4.34. The normalized spacial score (nSPS) is 25.3. The van der Waals surface area contributed by atoms with Crippen molar-refractivity contribution in [3.05, 3.63) is 18.2 Å². The lowest BCUT2D eigenvalue weighted by atomic mass is 10.1. The van der Waals surface area contributed by atoms with Crippen LogP contribution in [0, 0.1) is 11.3 Å². The molecule has 0 saturated heterocycles. The smallest absolute Gasteiger partial charge is 0.0948 e. The zero-order valence-electron chi connectivity index (χ0n) is 12.2. The van der Waals surface area contributed by atoms with Gasteiger partial charge in [0.1, 0.15) is 0 Å². The molecule has 1 aromatic heterocycles. The summed E-state index contributed by atoms with van der Waals surface area (Å²) < 4.78 is 2.34. The average Bonchev–Trinajstić information content (AvgIpc) is 2.69. The lowest BCUT2D eigenvalue weighted by molar-refractivity contribution is 0.517. The van der Waals surface area contributed by atoms with E-state index >= 15 is 0 Å². The van der Waals surface area contributed by atoms with Crippen molar-refractivity contribution in [2.45, 2.75) is 53.0 Å². The molecule has 0 bridgehead atoms. The van der Waals surface area contributed by atoms with E-state index in [2.05, 4.69) is 48.8 Å². The zero-order valence-corrected chi connectivity index (χ0v) is 12.2. The number of hydrogen-bond acceptors (Lipinski definition) is 2. The molecular formula is C15H27N3. The molecule has 0 aromatic carbocycles. The SMILES string of the molecule is CCCNCC1C(c2cncn2CCC)C1(C)C. The predicted octanol–water partition coefficient (Wildman–Crippen LogP) is 3.03. The molecule has 3 heteroatoms. The fraction of sp³-hybridized carbons (Fsp3) is 0.800. The molecule has 1 fully saturated rings. The lowest BCUT2D eigenvalue weighted by Crippen LogP contribution is -2.19. The molecule has 3 nitrogen and oxygen atoms in total. The van der Waals surface area contributed by atoms with Crippen molar-refractivity contribution < 1.29 is 0 Å². The van der Waals surface area contributed by atoms with Crippen LogP contribution in [0.15, 0.2) is 12.5 Å². The summed E-state index contributed by atoms with van der Waals surface area (Å²) in [6.07, 6.45) is 6.45. The first-order chi connectivity index (χ1) is 8.62. The van der Waals surface area contributed by atoms with Gasteiger partial charge in [-0.3, -0.25) is 0 Å². The van der Waals surface area contributed by atoms with Gasteiger partial charge in [-0.2, -0.15) is 0 Å². The van der Waals surface area contributed by atoms with E-state index in [-0.39, 0.29) is 0 Å². The van der Waals surface area contributed by atoms with Crippen LogP contribution in [-0.4, -0.2) is 22.6 Å². The minimum atomic E-state index is 0.423. The topological polar surface area (TPSA) is 29.9 Å². The second-order valence-electron chi connectivity index (χ2n) is 6.12. The summed E-state index contributed by atoms with van der Waals surface area (Å²) in [5, 5.41) is 3.57. The van der Waals surface area contributed by atoms with Gasteiger partial charge in [0, 0.05) is 24.4 Å². The van der Waals surface area contributed by atoms with Gasteiger partial charge < -0.3 is 9.88 Å². The third kappa shape index (κ3) is 2.46. The number of hydrogen-bond donors (Lipinski definition) is 1. The summed E-state index contributed by atoms with van der Waals surface area (Å²) in [5.74, 6) is 1.44. The molecule has 1 aliphatic rings. The summed E-state index contributed by atoms with van der Waals surface area (Å²) in [5.41, 5.74) is 1.86. The molecule has 2 atom stereocenters. The highest BCUT2D eigenvalue weighted by molar-refractivity contribution is 5.25. The summed E-state index contributed by atoms with van der Waals surface area (Å²) >= 11 is 0. The molecule has 1 heterocycles. The van der Waals surface area contributed by atoms with Gasteiger partial charge in [0.05, 0.1) is 6.33 Å². The Morgan fingerprint density at radius 1 is 1.33 bits per heavy atom. The highest BCUT2D eigenvalue weighted by Gasteiger charge is 2.58. The van der Waals surface area contributed by atoms with Crippen molar-refractivity contribution in [1.29, 1.82) is 0 Å². The van der Waals surface area contributed by atoms with Gasteiger partial charge in [0.25, 0.3) is 0 Å². The van der Waals surface area contributed by atoms with E-state index in [0.29, 0.717) is 11.3 Å². The van der Waals surface area contributed by atoms with Crippen molar-refractivity contribution in [3.8, 4) is 0 Å². The maximum Gasteiger partial charge on any atom is 0.0948 e. The molecule has 1 N–H and O–H groups in total. The molecule has 0 aliphatic heterocycles. The molecule has 1 aromatic rings. The van der Waals surface area contributed by atoms with E-state index in [4.69, 9.17) is 0 Å². The van der Waals surface area contributed by atoms with Crippen molar-refractivity contribution in [2.75, 3.05) is 13.1 Å². The Morgan fingerprint density at radius 3 is 2.78 bits per heavy atom. The van der Waals surface area contributed by atoms with E-state index in [9.17, 15) is 0 Å². The zero-order chi connectivity index (χ0) is 13.2. The Balaban J connectivity index is 2.02. The molecule has 2 rings (SSSR count). The van der Waals surface area contributed by atoms with Crippen LogP contribution in [0.4, 0.5) is 0 Å². The molecule has 102 valence electrons. The van der Waals surface area contributed by atoms with Crippen molar-refractivity contribution in [1.82, 2.24) is 14.9 Å². The fourth-order valence-electron chi connectivity index (χ4n) is 3.16. The molecule has 1 saturated carbocycles. The van der Waals surface area contributed by atoms with E-state index in [1.807, 2.05) is 6.33 Å². The van der Waals surface area contributed by atoms with Crippen LogP contribution in [-0.2, 0) is 6.54 Å². The largest absolute Gasteiger partial charge is 0.334 e. The van der Waals surface area contributed by atoms with Crippen LogP contribution < -0.4 is 5.32 Å². The first kappa shape index (κ1) is 13.6. The average molecular weight is 249 g/mol. The molecule has 18 heavy (non-hydrogen) atoms. The molecule has 0 amide bonds. The molecule has 0 spiro atoms. The molecule has 0 radical (unpaired) electrons. The summed E-state index contributed by atoms with van der Waals surface area (Å²) in [6, 6.07) is 0. The maximum atomic E-state index is 4.34. The highest BCUT2D eigenvalue weighted by Crippen LogP contribution is 2.63. The highest BCUT2D eigenvalue weighted by atomic mass is 15.1. The van der Waals surface area contributed by atoms with E-state index in [0.717, 1.165) is 25.6 Å². The van der Waals surface area contributed by atoms with Gasteiger partial charge in [-0.15, -0.1) is 0 Å². The summed E-state index contributed by atoms with van der Waals surface area (Å²) in [6.45, 7) is 12.6. The van der Waals surface area contributed by atoms with Crippen LogP contribution in [0.2, 0.25) is 0 Å². The fourth-order valence-corrected chi connectivity index (χ4v) is 3.16. The van der Waals surface area contributed by atoms with Gasteiger partial charge in [-0.25, -0.2) is 4.98 Å².